The first kappa shape index (κ1) is 53.0. The van der Waals surface area contributed by atoms with Gasteiger partial charge < -0.3 is 47.1 Å². The van der Waals surface area contributed by atoms with E-state index < -0.39 is 67.9 Å². The quantitative estimate of drug-likeness (QED) is 0.0402. The summed E-state index contributed by atoms with van der Waals surface area (Å²) in [6, 6.07) is 20.4. The highest BCUT2D eigenvalue weighted by atomic mass is 28.4. The van der Waals surface area contributed by atoms with Crippen LogP contribution in [0.3, 0.4) is 0 Å². The number of esters is 5. The van der Waals surface area contributed by atoms with Crippen molar-refractivity contribution < 1.29 is 71.0 Å². The standard InChI is InChI=1S/C50H68O15Si/c1-32-39(30-24-16-14-12-13-15-17-25-31-59-33(2)51)41(63-49-47(62-36(5)54)45(61-35(4)53)44(60-34(3)52)46(64-49)48(55)58-11)43(57-10)42(56-9)40(32)65-66(50(6,7)8,37-26-20-18-21-27-37)38-28-22-19-23-29-38/h18-23,26-29,44-47,49H,12-17,24-25,30-31H2,1-11H3/t44-,45-,46-,47+,49+/m0/s1. The number of hydrogen-bond donors (Lipinski definition) is 0. The zero-order valence-corrected chi connectivity index (χ0v) is 41.4. The lowest BCUT2D eigenvalue weighted by Crippen LogP contribution is -2.69. The van der Waals surface area contributed by atoms with Crippen molar-refractivity contribution >= 4 is 48.5 Å². The number of carbonyl (C=O) groups excluding carboxylic acids is 5. The van der Waals surface area contributed by atoms with Crippen LogP contribution in [0.25, 0.3) is 0 Å². The van der Waals surface area contributed by atoms with Crippen molar-refractivity contribution in [2.75, 3.05) is 27.9 Å². The third-order valence-electron chi connectivity index (χ3n) is 11.5. The number of carbonyl (C=O) groups is 5. The minimum atomic E-state index is -3.28. The molecule has 0 aliphatic carbocycles. The highest BCUT2D eigenvalue weighted by Gasteiger charge is 2.57. The highest BCUT2D eigenvalue weighted by Crippen LogP contribution is 2.53. The van der Waals surface area contributed by atoms with Gasteiger partial charge in [0.05, 0.1) is 27.9 Å². The van der Waals surface area contributed by atoms with Gasteiger partial charge in [-0.05, 0) is 41.6 Å². The van der Waals surface area contributed by atoms with Gasteiger partial charge in [-0.15, -0.1) is 0 Å². The van der Waals surface area contributed by atoms with Crippen LogP contribution in [-0.2, 0) is 58.8 Å². The molecule has 0 spiro atoms. The van der Waals surface area contributed by atoms with Crippen LogP contribution < -0.4 is 29.0 Å². The maximum atomic E-state index is 13.4. The Labute approximate surface area is 390 Å². The van der Waals surface area contributed by atoms with Crippen LogP contribution in [0.5, 0.6) is 23.0 Å². The zero-order valence-electron chi connectivity index (χ0n) is 40.4. The minimum Gasteiger partial charge on any atom is -0.531 e. The van der Waals surface area contributed by atoms with Crippen molar-refractivity contribution in [1.82, 2.24) is 0 Å². The van der Waals surface area contributed by atoms with Crippen LogP contribution in [0.15, 0.2) is 60.7 Å². The van der Waals surface area contributed by atoms with Crippen LogP contribution in [0.2, 0.25) is 5.04 Å². The summed E-state index contributed by atoms with van der Waals surface area (Å²) in [4.78, 5) is 62.3. The van der Waals surface area contributed by atoms with E-state index in [1.807, 2.05) is 43.3 Å². The van der Waals surface area contributed by atoms with E-state index in [-0.39, 0.29) is 23.2 Å². The van der Waals surface area contributed by atoms with Gasteiger partial charge in [0.15, 0.2) is 29.8 Å². The second kappa shape index (κ2) is 24.8. The highest BCUT2D eigenvalue weighted by molar-refractivity contribution is 7.00. The molecule has 4 rings (SSSR count). The Morgan fingerprint density at radius 3 is 1.53 bits per heavy atom. The zero-order chi connectivity index (χ0) is 48.6. The SMILES string of the molecule is COC(=O)[C@H]1O[C@@H](Oc2c(CCCCCCCCCCOC(C)=O)c(C)c(O[Si](c3ccccc3)(c3ccccc3)C(C)(C)C)c(OC)c2OC)[C@H](OC(C)=O)[C@@H](OC(C)=O)[C@@H]1OC(C)=O. The molecule has 1 fully saturated rings. The molecule has 0 aromatic heterocycles. The second-order valence-corrected chi connectivity index (χ2v) is 21.5. The van der Waals surface area contributed by atoms with Gasteiger partial charge >= 0.3 is 38.2 Å². The Balaban J connectivity index is 1.91. The predicted molar refractivity (Wildman–Crippen MR) is 248 cm³/mol. The lowest BCUT2D eigenvalue weighted by molar-refractivity contribution is -0.282. The van der Waals surface area contributed by atoms with Crippen molar-refractivity contribution in [3.8, 4) is 23.0 Å². The Hall–Kier alpha value is -5.61. The van der Waals surface area contributed by atoms with Crippen LogP contribution in [0, 0.1) is 6.92 Å². The molecule has 0 bridgehead atoms. The van der Waals surface area contributed by atoms with Crippen LogP contribution in [0.4, 0.5) is 0 Å². The van der Waals surface area contributed by atoms with Gasteiger partial charge in [-0.3, -0.25) is 19.2 Å². The number of hydrogen-bond acceptors (Lipinski definition) is 15. The van der Waals surface area contributed by atoms with Crippen LogP contribution in [0.1, 0.15) is 111 Å². The Kier molecular flexibility index (Phi) is 19.9. The molecular formula is C50H68O15Si. The molecule has 5 atom stereocenters. The van der Waals surface area contributed by atoms with E-state index in [1.165, 1.54) is 21.1 Å². The predicted octanol–water partition coefficient (Wildman–Crippen LogP) is 7.25. The molecule has 1 heterocycles. The fourth-order valence-electron chi connectivity index (χ4n) is 8.51. The Morgan fingerprint density at radius 1 is 0.591 bits per heavy atom. The molecule has 0 unspecified atom stereocenters. The maximum Gasteiger partial charge on any atom is 0.339 e. The van der Waals surface area contributed by atoms with Gasteiger partial charge in [0.2, 0.25) is 23.9 Å². The van der Waals surface area contributed by atoms with E-state index in [9.17, 15) is 24.0 Å². The summed E-state index contributed by atoms with van der Waals surface area (Å²) in [5.41, 5.74) is 1.35. The largest absolute Gasteiger partial charge is 0.531 e. The molecule has 1 aliphatic rings. The molecule has 0 amide bonds. The monoisotopic (exact) mass is 936 g/mol. The van der Waals surface area contributed by atoms with Gasteiger partial charge in [-0.25, -0.2) is 4.79 Å². The summed E-state index contributed by atoms with van der Waals surface area (Å²) >= 11 is 0. The first-order valence-electron chi connectivity index (χ1n) is 22.5. The summed E-state index contributed by atoms with van der Waals surface area (Å²) in [5.74, 6) is -2.74. The molecule has 0 saturated carbocycles. The average Bonchev–Trinajstić information content (AvgIpc) is 3.26. The van der Waals surface area contributed by atoms with Crippen LogP contribution >= 0.6 is 0 Å². The first-order chi connectivity index (χ1) is 31.4. The fourth-order valence-corrected chi connectivity index (χ4v) is 13.0. The summed E-state index contributed by atoms with van der Waals surface area (Å²) in [5, 5.41) is 1.63. The number of methoxy groups -OCH3 is 3. The van der Waals surface area contributed by atoms with Crippen molar-refractivity contribution in [1.29, 1.82) is 0 Å². The number of rotatable bonds is 23. The fraction of sp³-hybridized carbons (Fsp3) is 0.540. The normalized spacial score (nSPS) is 18.3. The van der Waals surface area contributed by atoms with Gasteiger partial charge in [0, 0.05) is 38.8 Å². The Bertz CT molecular complexity index is 2050. The van der Waals surface area contributed by atoms with Gasteiger partial charge in [0.25, 0.3) is 0 Å². The van der Waals surface area contributed by atoms with Gasteiger partial charge in [-0.2, -0.15) is 0 Å². The summed E-state index contributed by atoms with van der Waals surface area (Å²) < 4.78 is 60.1. The van der Waals surface area contributed by atoms with E-state index in [0.717, 1.165) is 83.2 Å². The maximum absolute atomic E-state index is 13.4. The minimum absolute atomic E-state index is 0.130. The van der Waals surface area contributed by atoms with Crippen molar-refractivity contribution in [3.63, 3.8) is 0 Å². The molecule has 16 heteroatoms. The molecule has 66 heavy (non-hydrogen) atoms. The van der Waals surface area contributed by atoms with Gasteiger partial charge in [0.1, 0.15) is 0 Å². The Morgan fingerprint density at radius 2 is 1.06 bits per heavy atom. The number of unbranched alkanes of at least 4 members (excludes halogenated alkanes) is 7. The average molecular weight is 937 g/mol. The van der Waals surface area contributed by atoms with E-state index in [0.29, 0.717) is 36.3 Å². The third kappa shape index (κ3) is 13.3. The summed E-state index contributed by atoms with van der Waals surface area (Å²) in [6.45, 7) is 13.7. The van der Waals surface area contributed by atoms with Crippen molar-refractivity contribution in [2.45, 2.75) is 149 Å². The summed E-state index contributed by atoms with van der Waals surface area (Å²) in [7, 11) is 0.801. The molecule has 3 aromatic carbocycles. The summed E-state index contributed by atoms with van der Waals surface area (Å²) in [6.07, 6.45) is -0.193. The van der Waals surface area contributed by atoms with Crippen molar-refractivity contribution in [3.05, 3.63) is 71.8 Å². The molecule has 1 aliphatic heterocycles. The molecule has 1 saturated heterocycles. The molecule has 0 radical (unpaired) electrons. The third-order valence-corrected chi connectivity index (χ3v) is 16.4. The molecule has 362 valence electrons. The topological polar surface area (TPSA) is 178 Å². The molecule has 3 aromatic rings. The smallest absolute Gasteiger partial charge is 0.339 e. The van der Waals surface area contributed by atoms with Crippen molar-refractivity contribution in [2.24, 2.45) is 0 Å². The number of ether oxygens (including phenoxy) is 9. The van der Waals surface area contributed by atoms with E-state index in [1.54, 1.807) is 0 Å². The van der Waals surface area contributed by atoms with E-state index in [4.69, 9.17) is 47.1 Å². The van der Waals surface area contributed by atoms with E-state index in [2.05, 4.69) is 45.0 Å². The van der Waals surface area contributed by atoms with E-state index >= 15 is 0 Å². The first-order valence-corrected chi connectivity index (χ1v) is 24.4. The molecular weight excluding hydrogens is 869 g/mol. The second-order valence-electron chi connectivity index (χ2n) is 17.3. The van der Waals surface area contributed by atoms with Gasteiger partial charge in [-0.1, -0.05) is 120 Å². The lowest BCUT2D eigenvalue weighted by Gasteiger charge is -2.44. The molecule has 15 nitrogen and oxygen atoms in total. The molecule has 0 N–H and O–H groups in total. The van der Waals surface area contributed by atoms with Crippen LogP contribution in [-0.4, -0.2) is 96.8 Å². The lowest BCUT2D eigenvalue weighted by atomic mass is 9.96. The number of benzene rings is 3.